The molecule has 0 aliphatic rings. The first-order valence-corrected chi connectivity index (χ1v) is 10.8. The molecule has 0 spiro atoms. The maximum atomic E-state index is 11.7. The zero-order chi connectivity index (χ0) is 21.3. The van der Waals surface area contributed by atoms with Gasteiger partial charge in [0.15, 0.2) is 11.0 Å². The van der Waals surface area contributed by atoms with Gasteiger partial charge in [-0.25, -0.2) is 4.79 Å². The molecule has 0 aliphatic carbocycles. The molecule has 1 heterocycles. The second kappa shape index (κ2) is 10.8. The Hall–Kier alpha value is -2.84. The summed E-state index contributed by atoms with van der Waals surface area (Å²) < 4.78 is 12.6. The molecule has 158 valence electrons. The van der Waals surface area contributed by atoms with Gasteiger partial charge in [-0.1, -0.05) is 42.1 Å². The normalized spacial score (nSPS) is 11.8. The Morgan fingerprint density at radius 1 is 1.10 bits per heavy atom. The summed E-state index contributed by atoms with van der Waals surface area (Å²) in [5.74, 6) is 1.45. The van der Waals surface area contributed by atoms with E-state index in [1.165, 1.54) is 11.8 Å². The third kappa shape index (κ3) is 5.61. The fourth-order valence-electron chi connectivity index (χ4n) is 2.79. The predicted molar refractivity (Wildman–Crippen MR) is 116 cm³/mol. The van der Waals surface area contributed by atoms with Crippen molar-refractivity contribution in [3.63, 3.8) is 0 Å². The lowest BCUT2D eigenvalue weighted by molar-refractivity contribution is 0.0526. The Bertz CT molecular complexity index is 945. The molecule has 1 atom stereocenters. The van der Waals surface area contributed by atoms with Crippen LogP contribution in [0.15, 0.2) is 59.8 Å². The molecule has 0 fully saturated rings. The van der Waals surface area contributed by atoms with E-state index < -0.39 is 6.10 Å². The molecule has 8 heteroatoms. The topological polar surface area (TPSA) is 86.5 Å². The zero-order valence-corrected chi connectivity index (χ0v) is 17.8. The Morgan fingerprint density at radius 3 is 2.50 bits per heavy atom. The number of carbonyl (C=O) groups is 1. The monoisotopic (exact) mass is 427 g/mol. The van der Waals surface area contributed by atoms with Crippen LogP contribution in [-0.2, 0) is 11.3 Å². The van der Waals surface area contributed by atoms with Gasteiger partial charge in [-0.3, -0.25) is 0 Å². The van der Waals surface area contributed by atoms with Gasteiger partial charge in [0.1, 0.15) is 12.4 Å². The lowest BCUT2D eigenvalue weighted by Crippen LogP contribution is -2.20. The number of benzene rings is 2. The van der Waals surface area contributed by atoms with Crippen molar-refractivity contribution in [1.82, 2.24) is 14.8 Å². The SMILES string of the molecule is CCOC(=O)c1ccc(OCC(O)CSc2nnc(-c3ccccc3)n2CC)cc1. The summed E-state index contributed by atoms with van der Waals surface area (Å²) >= 11 is 1.44. The number of aliphatic hydroxyl groups is 1. The minimum atomic E-state index is -0.679. The molecule has 0 bridgehead atoms. The largest absolute Gasteiger partial charge is 0.491 e. The Kier molecular flexibility index (Phi) is 7.87. The van der Waals surface area contributed by atoms with Gasteiger partial charge >= 0.3 is 5.97 Å². The Labute approximate surface area is 180 Å². The fourth-order valence-corrected chi connectivity index (χ4v) is 3.70. The highest BCUT2D eigenvalue weighted by Gasteiger charge is 2.15. The summed E-state index contributed by atoms with van der Waals surface area (Å²) in [5.41, 5.74) is 1.47. The number of nitrogens with zero attached hydrogens (tertiary/aromatic N) is 3. The molecule has 1 N–H and O–H groups in total. The van der Waals surface area contributed by atoms with E-state index in [1.54, 1.807) is 31.2 Å². The van der Waals surface area contributed by atoms with E-state index in [4.69, 9.17) is 9.47 Å². The Morgan fingerprint density at radius 2 is 1.83 bits per heavy atom. The number of esters is 1. The standard InChI is InChI=1S/C22H25N3O4S/c1-3-25-20(16-8-6-5-7-9-16)23-24-22(25)30-15-18(26)14-29-19-12-10-17(11-13-19)21(27)28-4-2/h5-13,18,26H,3-4,14-15H2,1-2H3. The van der Waals surface area contributed by atoms with Crippen LogP contribution in [0.2, 0.25) is 0 Å². The number of hydrogen-bond acceptors (Lipinski definition) is 7. The van der Waals surface area contributed by atoms with Crippen molar-refractivity contribution in [3.8, 4) is 17.1 Å². The lowest BCUT2D eigenvalue weighted by Gasteiger charge is -2.13. The summed E-state index contributed by atoms with van der Waals surface area (Å²) in [4.78, 5) is 11.7. The quantitative estimate of drug-likeness (QED) is 0.390. The number of aliphatic hydroxyl groups excluding tert-OH is 1. The summed E-state index contributed by atoms with van der Waals surface area (Å²) in [6, 6.07) is 16.6. The molecule has 0 saturated heterocycles. The second-order valence-electron chi connectivity index (χ2n) is 6.44. The van der Waals surface area contributed by atoms with E-state index in [0.29, 0.717) is 23.7 Å². The molecule has 0 saturated carbocycles. The molecule has 7 nitrogen and oxygen atoms in total. The molecule has 2 aromatic carbocycles. The summed E-state index contributed by atoms with van der Waals surface area (Å²) in [5, 5.41) is 19.6. The van der Waals surface area contributed by atoms with Gasteiger partial charge in [0.25, 0.3) is 0 Å². The highest BCUT2D eigenvalue weighted by Crippen LogP contribution is 2.24. The molecule has 3 rings (SSSR count). The van der Waals surface area contributed by atoms with Crippen LogP contribution in [0.25, 0.3) is 11.4 Å². The molecule has 0 aliphatic heterocycles. The fraction of sp³-hybridized carbons (Fsp3) is 0.318. The van der Waals surface area contributed by atoms with Crippen molar-refractivity contribution in [2.45, 2.75) is 31.7 Å². The molecule has 1 aromatic heterocycles. The van der Waals surface area contributed by atoms with Crippen molar-refractivity contribution in [2.75, 3.05) is 19.0 Å². The van der Waals surface area contributed by atoms with Crippen LogP contribution < -0.4 is 4.74 Å². The minimum Gasteiger partial charge on any atom is -0.491 e. The van der Waals surface area contributed by atoms with Crippen LogP contribution >= 0.6 is 11.8 Å². The molecule has 1 unspecified atom stereocenters. The summed E-state index contributed by atoms with van der Waals surface area (Å²) in [6.45, 7) is 5.01. The van der Waals surface area contributed by atoms with Crippen LogP contribution in [-0.4, -0.2) is 50.9 Å². The number of rotatable bonds is 10. The zero-order valence-electron chi connectivity index (χ0n) is 17.0. The molecular weight excluding hydrogens is 402 g/mol. The molecule has 30 heavy (non-hydrogen) atoms. The van der Waals surface area contributed by atoms with Crippen LogP contribution in [0, 0.1) is 0 Å². The number of hydrogen-bond donors (Lipinski definition) is 1. The van der Waals surface area contributed by atoms with Gasteiger partial charge in [-0.15, -0.1) is 10.2 Å². The molecule has 0 radical (unpaired) electrons. The number of aromatic nitrogens is 3. The number of thioether (sulfide) groups is 1. The van der Waals surface area contributed by atoms with Crippen LogP contribution in [0.5, 0.6) is 5.75 Å². The highest BCUT2D eigenvalue weighted by molar-refractivity contribution is 7.99. The van der Waals surface area contributed by atoms with Crippen molar-refractivity contribution in [3.05, 3.63) is 60.2 Å². The van der Waals surface area contributed by atoms with E-state index in [2.05, 4.69) is 10.2 Å². The van der Waals surface area contributed by atoms with Gasteiger partial charge in [0.2, 0.25) is 0 Å². The molecule has 0 amide bonds. The van der Waals surface area contributed by atoms with Crippen molar-refractivity contribution in [2.24, 2.45) is 0 Å². The first-order valence-electron chi connectivity index (χ1n) is 9.81. The van der Waals surface area contributed by atoms with Crippen LogP contribution in [0.3, 0.4) is 0 Å². The Balaban J connectivity index is 1.52. The first kappa shape index (κ1) is 21.9. The minimum absolute atomic E-state index is 0.136. The van der Waals surface area contributed by atoms with Gasteiger partial charge in [0, 0.05) is 17.9 Å². The lowest BCUT2D eigenvalue weighted by atomic mass is 10.2. The average Bonchev–Trinajstić information content (AvgIpc) is 3.20. The summed E-state index contributed by atoms with van der Waals surface area (Å²) in [6.07, 6.45) is -0.679. The maximum Gasteiger partial charge on any atom is 0.338 e. The van der Waals surface area contributed by atoms with Gasteiger partial charge < -0.3 is 19.1 Å². The third-order valence-corrected chi connectivity index (χ3v) is 5.39. The van der Waals surface area contributed by atoms with Crippen molar-refractivity contribution in [1.29, 1.82) is 0 Å². The van der Waals surface area contributed by atoms with Gasteiger partial charge in [-0.2, -0.15) is 0 Å². The number of ether oxygens (including phenoxy) is 2. The maximum absolute atomic E-state index is 11.7. The van der Waals surface area contributed by atoms with Crippen LogP contribution in [0.4, 0.5) is 0 Å². The smallest absolute Gasteiger partial charge is 0.338 e. The van der Waals surface area contributed by atoms with E-state index in [0.717, 1.165) is 23.1 Å². The predicted octanol–water partition coefficient (Wildman–Crippen LogP) is 3.67. The molecular formula is C22H25N3O4S. The average molecular weight is 428 g/mol. The van der Waals surface area contributed by atoms with Crippen LogP contribution in [0.1, 0.15) is 24.2 Å². The summed E-state index contributed by atoms with van der Waals surface area (Å²) in [7, 11) is 0. The third-order valence-electron chi connectivity index (χ3n) is 4.28. The van der Waals surface area contributed by atoms with Crippen molar-refractivity contribution < 1.29 is 19.4 Å². The van der Waals surface area contributed by atoms with E-state index >= 15 is 0 Å². The van der Waals surface area contributed by atoms with Gasteiger partial charge in [0.05, 0.1) is 18.3 Å². The highest BCUT2D eigenvalue weighted by atomic mass is 32.2. The van der Waals surface area contributed by atoms with E-state index in [9.17, 15) is 9.90 Å². The number of carbonyl (C=O) groups excluding carboxylic acids is 1. The van der Waals surface area contributed by atoms with Crippen molar-refractivity contribution >= 4 is 17.7 Å². The van der Waals surface area contributed by atoms with Gasteiger partial charge in [-0.05, 0) is 38.1 Å². The second-order valence-corrected chi connectivity index (χ2v) is 7.42. The molecule has 3 aromatic rings. The van der Waals surface area contributed by atoms with E-state index in [-0.39, 0.29) is 12.6 Å². The first-order chi connectivity index (χ1) is 14.6. The van der Waals surface area contributed by atoms with E-state index in [1.807, 2.05) is 41.8 Å².